The van der Waals surface area contributed by atoms with Crippen molar-refractivity contribution in [1.82, 2.24) is 9.78 Å². The van der Waals surface area contributed by atoms with Crippen molar-refractivity contribution >= 4 is 16.8 Å². The zero-order chi connectivity index (χ0) is 14.2. The highest BCUT2D eigenvalue weighted by molar-refractivity contribution is 6.68. The molecule has 0 spiro atoms. The summed E-state index contributed by atoms with van der Waals surface area (Å²) < 4.78 is 52.0. The summed E-state index contributed by atoms with van der Waals surface area (Å²) in [6.45, 7) is 4.51. The third-order valence-electron chi connectivity index (χ3n) is 2.19. The minimum absolute atomic E-state index is 0.717. The SMILES string of the molecule is CC(C)(C)n1nc(C(F)F)c(C(=O)Cl)c1C(F)F. The smallest absolute Gasteiger partial charge is 0.275 e. The van der Waals surface area contributed by atoms with Crippen LogP contribution in [0.2, 0.25) is 0 Å². The number of nitrogens with zero attached hydrogens (tertiary/aromatic N) is 2. The van der Waals surface area contributed by atoms with Crippen molar-refractivity contribution in [3.8, 4) is 0 Å². The van der Waals surface area contributed by atoms with Crippen LogP contribution in [0.3, 0.4) is 0 Å². The molecule has 0 aromatic carbocycles. The Morgan fingerprint density at radius 3 is 2.00 bits per heavy atom. The number of alkyl halides is 4. The minimum Gasteiger partial charge on any atom is -0.275 e. The van der Waals surface area contributed by atoms with Gasteiger partial charge in [0.15, 0.2) is 0 Å². The van der Waals surface area contributed by atoms with Gasteiger partial charge in [-0.3, -0.25) is 9.48 Å². The summed E-state index contributed by atoms with van der Waals surface area (Å²) >= 11 is 5.11. The highest BCUT2D eigenvalue weighted by atomic mass is 35.5. The van der Waals surface area contributed by atoms with E-state index < -0.39 is 40.6 Å². The van der Waals surface area contributed by atoms with Gasteiger partial charge in [0.1, 0.15) is 11.4 Å². The van der Waals surface area contributed by atoms with Crippen LogP contribution in [0.4, 0.5) is 17.6 Å². The topological polar surface area (TPSA) is 34.9 Å². The molecule has 0 fully saturated rings. The van der Waals surface area contributed by atoms with Gasteiger partial charge in [-0.1, -0.05) is 0 Å². The molecule has 18 heavy (non-hydrogen) atoms. The molecule has 0 saturated carbocycles. The van der Waals surface area contributed by atoms with Crippen molar-refractivity contribution < 1.29 is 22.4 Å². The van der Waals surface area contributed by atoms with Crippen LogP contribution in [0.1, 0.15) is 55.4 Å². The fourth-order valence-electron chi connectivity index (χ4n) is 1.52. The van der Waals surface area contributed by atoms with Crippen LogP contribution in [0.5, 0.6) is 0 Å². The molecule has 0 bridgehead atoms. The Labute approximate surface area is 106 Å². The maximum atomic E-state index is 12.9. The highest BCUT2D eigenvalue weighted by Crippen LogP contribution is 2.34. The molecule has 0 aliphatic rings. The van der Waals surface area contributed by atoms with Gasteiger partial charge in [-0.05, 0) is 32.4 Å². The normalized spacial score (nSPS) is 12.6. The monoisotopic (exact) mass is 286 g/mol. The molecule has 1 rings (SSSR count). The van der Waals surface area contributed by atoms with Gasteiger partial charge in [-0.25, -0.2) is 17.6 Å². The molecule has 0 N–H and O–H groups in total. The number of halogens is 5. The fraction of sp³-hybridized carbons (Fsp3) is 0.600. The zero-order valence-electron chi connectivity index (χ0n) is 9.85. The van der Waals surface area contributed by atoms with Gasteiger partial charge in [0.25, 0.3) is 18.1 Å². The van der Waals surface area contributed by atoms with Crippen LogP contribution in [0.25, 0.3) is 0 Å². The second-order valence-electron chi connectivity index (χ2n) is 4.60. The second kappa shape index (κ2) is 4.87. The van der Waals surface area contributed by atoms with Crippen molar-refractivity contribution in [3.63, 3.8) is 0 Å². The first-order valence-electron chi connectivity index (χ1n) is 4.96. The lowest BCUT2D eigenvalue weighted by atomic mass is 10.1. The van der Waals surface area contributed by atoms with Crippen LogP contribution in [0.15, 0.2) is 0 Å². The summed E-state index contributed by atoms with van der Waals surface area (Å²) in [5, 5.41) is 2.04. The standard InChI is InChI=1S/C10H11ClF4N2O/c1-10(2,3)17-6(9(14)15)4(7(11)18)5(16-17)8(12)13/h8-9H,1-3H3. The summed E-state index contributed by atoms with van der Waals surface area (Å²) in [7, 11) is 0. The van der Waals surface area contributed by atoms with Crippen molar-refractivity contribution in [2.45, 2.75) is 39.2 Å². The molecule has 0 radical (unpaired) electrons. The van der Waals surface area contributed by atoms with Crippen molar-refractivity contribution in [1.29, 1.82) is 0 Å². The molecule has 8 heteroatoms. The van der Waals surface area contributed by atoms with Gasteiger partial charge in [0.05, 0.1) is 11.1 Å². The van der Waals surface area contributed by atoms with E-state index in [4.69, 9.17) is 11.6 Å². The van der Waals surface area contributed by atoms with E-state index >= 15 is 0 Å². The summed E-state index contributed by atoms with van der Waals surface area (Å²) in [6, 6.07) is 0. The minimum atomic E-state index is -3.15. The lowest BCUT2D eigenvalue weighted by Crippen LogP contribution is -2.26. The largest absolute Gasteiger partial charge is 0.282 e. The van der Waals surface area contributed by atoms with Crippen LogP contribution in [-0.4, -0.2) is 15.0 Å². The maximum Gasteiger partial charge on any atom is 0.282 e. The van der Waals surface area contributed by atoms with Gasteiger partial charge in [-0.15, -0.1) is 0 Å². The molecule has 0 aliphatic heterocycles. The maximum absolute atomic E-state index is 12.9. The molecule has 3 nitrogen and oxygen atoms in total. The van der Waals surface area contributed by atoms with E-state index in [0.29, 0.717) is 0 Å². The summed E-state index contributed by atoms with van der Waals surface area (Å²) in [4.78, 5) is 11.1. The third kappa shape index (κ3) is 2.66. The number of hydrogen-bond acceptors (Lipinski definition) is 2. The van der Waals surface area contributed by atoms with Gasteiger partial charge < -0.3 is 0 Å². The third-order valence-corrected chi connectivity index (χ3v) is 2.38. The molecule has 1 aromatic heterocycles. The zero-order valence-corrected chi connectivity index (χ0v) is 10.6. The van der Waals surface area contributed by atoms with E-state index in [1.807, 2.05) is 0 Å². The van der Waals surface area contributed by atoms with Gasteiger partial charge in [-0.2, -0.15) is 5.10 Å². The van der Waals surface area contributed by atoms with Crippen LogP contribution in [0, 0.1) is 0 Å². The first-order chi connectivity index (χ1) is 8.07. The van der Waals surface area contributed by atoms with Crippen molar-refractivity contribution in [2.75, 3.05) is 0 Å². The molecule has 0 unspecified atom stereocenters. The quantitative estimate of drug-likeness (QED) is 0.624. The van der Waals surface area contributed by atoms with E-state index in [1.165, 1.54) is 20.8 Å². The molecule has 0 aliphatic carbocycles. The average molecular weight is 287 g/mol. The Bertz CT molecular complexity index is 465. The lowest BCUT2D eigenvalue weighted by Gasteiger charge is -2.22. The lowest BCUT2D eigenvalue weighted by molar-refractivity contribution is 0.104. The Morgan fingerprint density at radius 2 is 1.72 bits per heavy atom. The van der Waals surface area contributed by atoms with Gasteiger partial charge in [0, 0.05) is 0 Å². The number of aromatic nitrogens is 2. The van der Waals surface area contributed by atoms with Crippen LogP contribution in [-0.2, 0) is 5.54 Å². The molecule has 1 heterocycles. The second-order valence-corrected chi connectivity index (χ2v) is 4.95. The predicted octanol–water partition coefficient (Wildman–Crippen LogP) is 3.89. The van der Waals surface area contributed by atoms with Crippen molar-refractivity contribution in [2.24, 2.45) is 0 Å². The summed E-state index contributed by atoms with van der Waals surface area (Å²) in [6.07, 6.45) is -6.27. The molecule has 0 saturated heterocycles. The Hall–Kier alpha value is -1.11. The van der Waals surface area contributed by atoms with Crippen molar-refractivity contribution in [3.05, 3.63) is 17.0 Å². The van der Waals surface area contributed by atoms with Gasteiger partial charge in [0.2, 0.25) is 0 Å². The first kappa shape index (κ1) is 14.9. The molecule has 102 valence electrons. The Balaban J connectivity index is 3.65. The first-order valence-corrected chi connectivity index (χ1v) is 5.34. The molecule has 0 amide bonds. The summed E-state index contributed by atoms with van der Waals surface area (Å²) in [5.74, 6) is 0. The Morgan fingerprint density at radius 1 is 1.22 bits per heavy atom. The highest BCUT2D eigenvalue weighted by Gasteiger charge is 2.35. The molecule has 0 atom stereocenters. The molecular weight excluding hydrogens is 276 g/mol. The van der Waals surface area contributed by atoms with E-state index in [1.54, 1.807) is 0 Å². The van der Waals surface area contributed by atoms with Crippen LogP contribution < -0.4 is 0 Å². The number of hydrogen-bond donors (Lipinski definition) is 0. The number of carbonyl (C=O) groups is 1. The number of rotatable bonds is 3. The molecule has 1 aromatic rings. The van der Waals surface area contributed by atoms with E-state index in [0.717, 1.165) is 4.68 Å². The average Bonchev–Trinajstić information content (AvgIpc) is 2.55. The summed E-state index contributed by atoms with van der Waals surface area (Å²) in [5.41, 5.74) is -3.77. The fourth-order valence-corrected chi connectivity index (χ4v) is 1.71. The van der Waals surface area contributed by atoms with E-state index in [-0.39, 0.29) is 0 Å². The Kier molecular flexibility index (Phi) is 4.05. The van der Waals surface area contributed by atoms with Crippen LogP contribution >= 0.6 is 11.6 Å². The van der Waals surface area contributed by atoms with E-state index in [2.05, 4.69) is 5.10 Å². The van der Waals surface area contributed by atoms with E-state index in [9.17, 15) is 22.4 Å². The van der Waals surface area contributed by atoms with Gasteiger partial charge >= 0.3 is 0 Å². The number of carbonyl (C=O) groups excluding carboxylic acids is 1. The molecular formula is C10H11ClF4N2O. The predicted molar refractivity (Wildman–Crippen MR) is 57.3 cm³/mol.